The maximum Gasteiger partial charge on any atom is 0.326 e. The normalized spacial score (nSPS) is 22.2. The van der Waals surface area contributed by atoms with Crippen LogP contribution >= 0.6 is 11.8 Å². The predicted octanol–water partition coefficient (Wildman–Crippen LogP) is 2.63. The summed E-state index contributed by atoms with van der Waals surface area (Å²) >= 11 is 1.52. The quantitative estimate of drug-likeness (QED) is 0.111. The number of hydrogen-bond donors (Lipinski definition) is 7. The summed E-state index contributed by atoms with van der Waals surface area (Å²) in [5.41, 5.74) is 2.09. The first-order valence-electron chi connectivity index (χ1n) is 18.9. The standard InChI is InChI=1S/C41H47N7O8S/c49-35-17-18-36(50)45-33(24-30-11-7-21-57-30)40(54)46-31(12-4-5-20-43-37(51)28-10-6-19-42-25-28)38(52)47-32(22-26-8-2-1-3-9-26)39(53)48-34(41(55)56)23-27-13-15-29(44-35)16-14-27/h1-3,6-10,13-16,19,21,25,30-34H,4-5,11-12,17-18,20,22-24H2,(H,43,51)(H,44,49)(H,45,50)(H,46,54)(H,47,52)(H,48,53)(H,55,56)/t30?,31-,32+,33+,34-/m0/s1. The van der Waals surface area contributed by atoms with Crippen LogP contribution in [0.3, 0.4) is 0 Å². The van der Waals surface area contributed by atoms with Gasteiger partial charge in [-0.25, -0.2) is 4.79 Å². The number of carbonyl (C=O) groups excluding carboxylic acids is 6. The summed E-state index contributed by atoms with van der Waals surface area (Å²) in [6.45, 7) is 0.270. The molecule has 0 fully saturated rings. The molecule has 1 aromatic heterocycles. The number of nitrogens with one attached hydrogen (secondary N) is 6. The fourth-order valence-corrected chi connectivity index (χ4v) is 7.34. The second kappa shape index (κ2) is 21.3. The van der Waals surface area contributed by atoms with Gasteiger partial charge in [0, 0.05) is 55.6 Å². The number of allylic oxidation sites excluding steroid dienone is 1. The first kappa shape index (κ1) is 42.1. The fourth-order valence-electron chi connectivity index (χ4n) is 6.37. The molecular formula is C41H47N7O8S. The molecule has 2 bridgehead atoms. The number of carboxylic acid groups (broad SMARTS) is 1. The van der Waals surface area contributed by atoms with Crippen molar-refractivity contribution >= 4 is 58.9 Å². The molecule has 15 nitrogen and oxygen atoms in total. The number of carboxylic acids is 1. The van der Waals surface area contributed by atoms with Gasteiger partial charge in [0.2, 0.25) is 29.5 Å². The third kappa shape index (κ3) is 13.6. The van der Waals surface area contributed by atoms with E-state index in [1.165, 1.54) is 18.0 Å². The van der Waals surface area contributed by atoms with E-state index in [1.807, 2.05) is 11.5 Å². The van der Waals surface area contributed by atoms with Gasteiger partial charge in [0.15, 0.2) is 0 Å². The van der Waals surface area contributed by atoms with Gasteiger partial charge >= 0.3 is 5.97 Å². The Labute approximate surface area is 334 Å². The molecule has 57 heavy (non-hydrogen) atoms. The first-order chi connectivity index (χ1) is 27.5. The molecule has 3 aliphatic rings. The predicted molar refractivity (Wildman–Crippen MR) is 214 cm³/mol. The minimum Gasteiger partial charge on any atom is -0.480 e. The molecule has 3 aromatic rings. The van der Waals surface area contributed by atoms with Crippen molar-refractivity contribution in [1.29, 1.82) is 0 Å². The van der Waals surface area contributed by atoms with Gasteiger partial charge in [0.05, 0.1) is 5.56 Å². The number of rotatable bonds is 11. The summed E-state index contributed by atoms with van der Waals surface area (Å²) in [5, 5.41) is 28.5. The number of amides is 6. The number of fused-ring (bicyclic) bond motifs is 18. The molecule has 3 aliphatic heterocycles. The van der Waals surface area contributed by atoms with Crippen LogP contribution in [-0.2, 0) is 41.6 Å². The lowest BCUT2D eigenvalue weighted by atomic mass is 10.0. The highest BCUT2D eigenvalue weighted by molar-refractivity contribution is 8.03. The molecule has 0 spiro atoms. The van der Waals surface area contributed by atoms with Crippen molar-refractivity contribution in [2.75, 3.05) is 11.9 Å². The van der Waals surface area contributed by atoms with Crippen molar-refractivity contribution in [3.8, 4) is 0 Å². The van der Waals surface area contributed by atoms with E-state index in [0.29, 0.717) is 41.6 Å². The number of benzene rings is 2. The number of hydrogen-bond acceptors (Lipinski definition) is 9. The van der Waals surface area contributed by atoms with Crippen LogP contribution in [0.1, 0.15) is 66.4 Å². The topological polar surface area (TPSA) is 225 Å². The molecule has 0 saturated carbocycles. The minimum absolute atomic E-state index is 0.0152. The van der Waals surface area contributed by atoms with Crippen LogP contribution in [0.15, 0.2) is 90.6 Å². The second-order valence-electron chi connectivity index (χ2n) is 13.9. The Bertz CT molecular complexity index is 1900. The smallest absolute Gasteiger partial charge is 0.326 e. The van der Waals surface area contributed by atoms with Crippen molar-refractivity contribution in [2.45, 2.75) is 87.2 Å². The Morgan fingerprint density at radius 3 is 2.21 bits per heavy atom. The van der Waals surface area contributed by atoms with Crippen molar-refractivity contribution in [1.82, 2.24) is 31.6 Å². The van der Waals surface area contributed by atoms with E-state index >= 15 is 0 Å². The Morgan fingerprint density at radius 1 is 0.789 bits per heavy atom. The molecule has 4 heterocycles. The lowest BCUT2D eigenvalue weighted by Gasteiger charge is -2.27. The van der Waals surface area contributed by atoms with Gasteiger partial charge < -0.3 is 37.0 Å². The van der Waals surface area contributed by atoms with Gasteiger partial charge in [-0.05, 0) is 72.9 Å². The third-order valence-electron chi connectivity index (χ3n) is 9.47. The summed E-state index contributed by atoms with van der Waals surface area (Å²) in [6.07, 6.45) is 6.37. The maximum atomic E-state index is 14.2. The molecule has 7 N–H and O–H groups in total. The highest BCUT2D eigenvalue weighted by Crippen LogP contribution is 2.28. The molecular weight excluding hydrogens is 751 g/mol. The molecule has 0 radical (unpaired) electrons. The number of aromatic nitrogens is 1. The van der Waals surface area contributed by atoms with Crippen LogP contribution in [0.25, 0.3) is 0 Å². The van der Waals surface area contributed by atoms with Crippen LogP contribution in [0.2, 0.25) is 0 Å². The Kier molecular flexibility index (Phi) is 15.8. The van der Waals surface area contributed by atoms with Gasteiger partial charge in [0.25, 0.3) is 5.91 Å². The van der Waals surface area contributed by atoms with E-state index < -0.39 is 59.7 Å². The highest BCUT2D eigenvalue weighted by atomic mass is 32.2. The maximum absolute atomic E-state index is 14.2. The van der Waals surface area contributed by atoms with Gasteiger partial charge in [-0.15, -0.1) is 11.8 Å². The Hall–Kier alpha value is -6.03. The van der Waals surface area contributed by atoms with Crippen molar-refractivity contribution in [3.05, 3.63) is 107 Å². The van der Waals surface area contributed by atoms with Gasteiger partial charge in [-0.1, -0.05) is 48.5 Å². The van der Waals surface area contributed by atoms with Crippen LogP contribution < -0.4 is 31.9 Å². The Morgan fingerprint density at radius 2 is 1.51 bits per heavy atom. The van der Waals surface area contributed by atoms with Crippen LogP contribution in [-0.4, -0.2) is 87.5 Å². The van der Waals surface area contributed by atoms with Gasteiger partial charge in [0.1, 0.15) is 24.2 Å². The third-order valence-corrected chi connectivity index (χ3v) is 10.6. The second-order valence-corrected chi connectivity index (χ2v) is 15.1. The lowest BCUT2D eigenvalue weighted by molar-refractivity contribution is -0.142. The summed E-state index contributed by atoms with van der Waals surface area (Å²) < 4.78 is 0. The van der Waals surface area contributed by atoms with Crippen molar-refractivity contribution in [3.63, 3.8) is 0 Å². The van der Waals surface area contributed by atoms with Crippen molar-refractivity contribution < 1.29 is 38.7 Å². The molecule has 2 aromatic carbocycles. The zero-order valence-corrected chi connectivity index (χ0v) is 32.1. The molecule has 300 valence electrons. The number of anilines is 1. The zero-order chi connectivity index (χ0) is 40.6. The SMILES string of the molecule is O=C1CCC(=O)N[C@H](CC2CC=CS2)C(=O)N[C@@H](CCCCNC(=O)c2cccnc2)C(=O)N[C@H](Cc2ccccc2)C(=O)N[C@H](C(=O)O)Cc2ccc(cc2)N1. The van der Waals surface area contributed by atoms with Gasteiger partial charge in [-0.2, -0.15) is 0 Å². The van der Waals surface area contributed by atoms with E-state index in [-0.39, 0.29) is 56.2 Å². The minimum atomic E-state index is -1.36. The average molecular weight is 798 g/mol. The summed E-state index contributed by atoms with van der Waals surface area (Å²) in [4.78, 5) is 96.9. The van der Waals surface area contributed by atoms with Crippen LogP contribution in [0.4, 0.5) is 5.69 Å². The summed E-state index contributed by atoms with van der Waals surface area (Å²) in [5.74, 6) is -4.61. The summed E-state index contributed by atoms with van der Waals surface area (Å²) in [7, 11) is 0. The molecule has 6 rings (SSSR count). The van der Waals surface area contributed by atoms with E-state index in [9.17, 15) is 38.7 Å². The van der Waals surface area contributed by atoms with E-state index in [1.54, 1.807) is 72.9 Å². The number of pyridine rings is 1. The van der Waals surface area contributed by atoms with Crippen molar-refractivity contribution in [2.24, 2.45) is 0 Å². The summed E-state index contributed by atoms with van der Waals surface area (Å²) in [6, 6.07) is 13.8. The lowest BCUT2D eigenvalue weighted by Crippen LogP contribution is -2.58. The van der Waals surface area contributed by atoms with Crippen LogP contribution in [0.5, 0.6) is 0 Å². The first-order valence-corrected chi connectivity index (χ1v) is 19.8. The largest absolute Gasteiger partial charge is 0.480 e. The molecule has 0 saturated heterocycles. The highest BCUT2D eigenvalue weighted by Gasteiger charge is 2.33. The van der Waals surface area contributed by atoms with E-state index in [4.69, 9.17) is 0 Å². The molecule has 6 amide bonds. The number of nitrogens with zero attached hydrogens (tertiary/aromatic N) is 1. The van der Waals surface area contributed by atoms with Crippen LogP contribution in [0, 0.1) is 0 Å². The molecule has 0 aliphatic carbocycles. The number of thioether (sulfide) groups is 1. The number of aliphatic carboxylic acids is 1. The number of carbonyl (C=O) groups is 7. The molecule has 5 atom stereocenters. The molecule has 1 unspecified atom stereocenters. The van der Waals surface area contributed by atoms with E-state index in [0.717, 1.165) is 0 Å². The number of unbranched alkanes of at least 4 members (excludes halogenated alkanes) is 1. The average Bonchev–Trinajstić information content (AvgIpc) is 3.73. The Balaban J connectivity index is 1.40. The zero-order valence-electron chi connectivity index (χ0n) is 31.3. The van der Waals surface area contributed by atoms with Gasteiger partial charge in [-0.3, -0.25) is 33.8 Å². The fraction of sp³-hybridized carbons (Fsp3) is 0.366. The monoisotopic (exact) mass is 797 g/mol. The molecule has 16 heteroatoms. The van der Waals surface area contributed by atoms with E-state index in [2.05, 4.69) is 36.9 Å².